The third-order valence-electron chi connectivity index (χ3n) is 5.75. The lowest BCUT2D eigenvalue weighted by Crippen LogP contribution is -2.38. The van der Waals surface area contributed by atoms with Crippen molar-refractivity contribution in [2.24, 2.45) is 0 Å². The van der Waals surface area contributed by atoms with Gasteiger partial charge in [0, 0.05) is 36.0 Å². The minimum atomic E-state index is 0.0736. The number of hydrogen-bond donors (Lipinski definition) is 1. The van der Waals surface area contributed by atoms with Crippen LogP contribution in [0.4, 0.5) is 0 Å². The second kappa shape index (κ2) is 6.85. The molecule has 0 spiro atoms. The summed E-state index contributed by atoms with van der Waals surface area (Å²) in [5.41, 5.74) is 2.41. The van der Waals surface area contributed by atoms with Crippen LogP contribution < -0.4 is 0 Å². The highest BCUT2D eigenvalue weighted by molar-refractivity contribution is 5.82. The number of aromatic nitrogens is 2. The van der Waals surface area contributed by atoms with Crippen LogP contribution in [0.15, 0.2) is 24.3 Å². The number of nitrogens with one attached hydrogen (secondary N) is 1. The molecular weight excluding hydrogens is 296 g/mol. The minimum absolute atomic E-state index is 0.0736. The van der Waals surface area contributed by atoms with E-state index in [1.165, 1.54) is 30.6 Å². The van der Waals surface area contributed by atoms with Gasteiger partial charge in [0.1, 0.15) is 0 Å². The molecule has 0 amide bonds. The van der Waals surface area contributed by atoms with Crippen LogP contribution in [0.5, 0.6) is 0 Å². The zero-order chi connectivity index (χ0) is 17.3. The Bertz CT molecular complexity index is 673. The van der Waals surface area contributed by atoms with E-state index < -0.39 is 0 Å². The van der Waals surface area contributed by atoms with E-state index in [1.54, 1.807) is 0 Å². The molecule has 1 aromatic carbocycles. The number of para-hydroxylation sites is 1. The van der Waals surface area contributed by atoms with Crippen molar-refractivity contribution in [2.75, 3.05) is 26.7 Å². The summed E-state index contributed by atoms with van der Waals surface area (Å²) in [6.45, 7) is 12.8. The topological polar surface area (TPSA) is 35.2 Å². The molecule has 1 N–H and O–H groups in total. The molecule has 1 saturated heterocycles. The van der Waals surface area contributed by atoms with Gasteiger partial charge in [0.05, 0.1) is 11.2 Å². The van der Waals surface area contributed by atoms with Gasteiger partial charge in [0.15, 0.2) is 0 Å². The number of hydrogen-bond acceptors (Lipinski definition) is 3. The fourth-order valence-corrected chi connectivity index (χ4v) is 3.83. The highest BCUT2D eigenvalue weighted by Crippen LogP contribution is 2.31. The second-order valence-electron chi connectivity index (χ2n) is 8.26. The molecule has 1 aliphatic rings. The summed E-state index contributed by atoms with van der Waals surface area (Å²) in [4.78, 5) is 5.15. The van der Waals surface area contributed by atoms with E-state index in [-0.39, 0.29) is 5.41 Å². The molecule has 0 aliphatic carbocycles. The van der Waals surface area contributed by atoms with Crippen LogP contribution in [-0.2, 0) is 5.41 Å². The Morgan fingerprint density at radius 1 is 1.33 bits per heavy atom. The molecule has 1 aliphatic heterocycles. The Balaban J connectivity index is 1.63. The molecule has 0 saturated carbocycles. The van der Waals surface area contributed by atoms with E-state index in [0.29, 0.717) is 12.1 Å². The van der Waals surface area contributed by atoms with Crippen molar-refractivity contribution in [1.29, 1.82) is 0 Å². The monoisotopic (exact) mass is 328 g/mol. The van der Waals surface area contributed by atoms with E-state index in [0.717, 1.165) is 18.5 Å². The van der Waals surface area contributed by atoms with Crippen LogP contribution in [0.1, 0.15) is 46.2 Å². The highest BCUT2D eigenvalue weighted by atomic mass is 15.2. The molecule has 24 heavy (non-hydrogen) atoms. The standard InChI is InChI=1S/C20H32N4/c1-15(2)24-12-10-16(14-24)23(5)13-11-20(3,4)19-17-8-6-7-9-18(17)21-22-19/h6-9,15-16H,10-14H2,1-5H3,(H,21,22). The summed E-state index contributed by atoms with van der Waals surface area (Å²) >= 11 is 0. The summed E-state index contributed by atoms with van der Waals surface area (Å²) in [6, 6.07) is 9.80. The lowest BCUT2D eigenvalue weighted by Gasteiger charge is -2.30. The molecule has 1 fully saturated rings. The Morgan fingerprint density at radius 2 is 2.08 bits per heavy atom. The van der Waals surface area contributed by atoms with E-state index in [4.69, 9.17) is 0 Å². The number of H-pyrrole nitrogens is 1. The molecule has 132 valence electrons. The predicted molar refractivity (Wildman–Crippen MR) is 101 cm³/mol. The van der Waals surface area contributed by atoms with Gasteiger partial charge in [0.2, 0.25) is 0 Å². The van der Waals surface area contributed by atoms with Gasteiger partial charge in [-0.05, 0) is 46.3 Å². The SMILES string of the molecule is CC(C)N1CCC(N(C)CCC(C)(C)c2n[nH]c3ccccc23)C1. The molecule has 1 atom stereocenters. The molecule has 4 nitrogen and oxygen atoms in total. The largest absolute Gasteiger partial charge is 0.302 e. The highest BCUT2D eigenvalue weighted by Gasteiger charge is 2.30. The Kier molecular flexibility index (Phi) is 4.97. The first kappa shape index (κ1) is 17.4. The smallest absolute Gasteiger partial charge is 0.0757 e. The number of likely N-dealkylation sites (N-methyl/N-ethyl adjacent to an activating group) is 1. The molecule has 1 aromatic heterocycles. The number of benzene rings is 1. The summed E-state index contributed by atoms with van der Waals surface area (Å²) in [7, 11) is 2.28. The van der Waals surface area contributed by atoms with Gasteiger partial charge in [-0.1, -0.05) is 32.0 Å². The number of rotatable bonds is 6. The second-order valence-corrected chi connectivity index (χ2v) is 8.26. The molecular formula is C20H32N4. The van der Waals surface area contributed by atoms with Crippen molar-refractivity contribution in [3.63, 3.8) is 0 Å². The van der Waals surface area contributed by atoms with E-state index in [1.807, 2.05) is 0 Å². The third kappa shape index (κ3) is 3.50. The van der Waals surface area contributed by atoms with Crippen LogP contribution in [-0.4, -0.2) is 58.8 Å². The van der Waals surface area contributed by atoms with Crippen LogP contribution in [0.25, 0.3) is 10.9 Å². The number of likely N-dealkylation sites (tertiary alicyclic amines) is 1. The van der Waals surface area contributed by atoms with Crippen molar-refractivity contribution >= 4 is 10.9 Å². The van der Waals surface area contributed by atoms with Crippen LogP contribution in [0.3, 0.4) is 0 Å². The van der Waals surface area contributed by atoms with Gasteiger partial charge >= 0.3 is 0 Å². The molecule has 3 rings (SSSR count). The van der Waals surface area contributed by atoms with E-state index in [2.05, 4.69) is 79.0 Å². The lowest BCUT2D eigenvalue weighted by molar-refractivity contribution is 0.201. The number of fused-ring (bicyclic) bond motifs is 1. The zero-order valence-electron chi connectivity index (χ0n) is 15.8. The summed E-state index contributed by atoms with van der Waals surface area (Å²) in [5.74, 6) is 0. The Labute approximate surface area is 146 Å². The summed E-state index contributed by atoms with van der Waals surface area (Å²) < 4.78 is 0. The van der Waals surface area contributed by atoms with Crippen LogP contribution in [0.2, 0.25) is 0 Å². The normalized spacial score (nSPS) is 19.9. The molecule has 4 heteroatoms. The minimum Gasteiger partial charge on any atom is -0.302 e. The van der Waals surface area contributed by atoms with Crippen molar-refractivity contribution < 1.29 is 0 Å². The average Bonchev–Trinajstić information content (AvgIpc) is 3.19. The van der Waals surface area contributed by atoms with Crippen molar-refractivity contribution in [3.05, 3.63) is 30.0 Å². The Morgan fingerprint density at radius 3 is 2.79 bits per heavy atom. The first-order valence-corrected chi connectivity index (χ1v) is 9.26. The first-order valence-electron chi connectivity index (χ1n) is 9.26. The molecule has 1 unspecified atom stereocenters. The first-order chi connectivity index (χ1) is 11.4. The quantitative estimate of drug-likeness (QED) is 0.879. The maximum atomic E-state index is 4.63. The van der Waals surface area contributed by atoms with Gasteiger partial charge in [-0.15, -0.1) is 0 Å². The van der Waals surface area contributed by atoms with E-state index >= 15 is 0 Å². The van der Waals surface area contributed by atoms with Crippen molar-refractivity contribution in [1.82, 2.24) is 20.0 Å². The number of aromatic amines is 1. The van der Waals surface area contributed by atoms with Gasteiger partial charge in [-0.2, -0.15) is 5.10 Å². The molecule has 2 heterocycles. The maximum Gasteiger partial charge on any atom is 0.0757 e. The molecule has 0 radical (unpaired) electrons. The fourth-order valence-electron chi connectivity index (χ4n) is 3.83. The molecule has 2 aromatic rings. The zero-order valence-corrected chi connectivity index (χ0v) is 15.8. The van der Waals surface area contributed by atoms with Gasteiger partial charge in [0.25, 0.3) is 0 Å². The van der Waals surface area contributed by atoms with Crippen LogP contribution >= 0.6 is 0 Å². The molecule has 0 bridgehead atoms. The van der Waals surface area contributed by atoms with Crippen LogP contribution in [0, 0.1) is 0 Å². The van der Waals surface area contributed by atoms with Crippen molar-refractivity contribution in [3.8, 4) is 0 Å². The van der Waals surface area contributed by atoms with Gasteiger partial charge in [-0.3, -0.25) is 10.00 Å². The predicted octanol–water partition coefficient (Wildman–Crippen LogP) is 3.65. The fraction of sp³-hybridized carbons (Fsp3) is 0.650. The Hall–Kier alpha value is -1.39. The third-order valence-corrected chi connectivity index (χ3v) is 5.75. The maximum absolute atomic E-state index is 4.63. The van der Waals surface area contributed by atoms with Gasteiger partial charge in [-0.25, -0.2) is 0 Å². The van der Waals surface area contributed by atoms with Gasteiger partial charge < -0.3 is 4.90 Å². The summed E-state index contributed by atoms with van der Waals surface area (Å²) in [5, 5.41) is 9.07. The summed E-state index contributed by atoms with van der Waals surface area (Å²) in [6.07, 6.45) is 2.41. The average molecular weight is 329 g/mol. The lowest BCUT2D eigenvalue weighted by atomic mass is 9.83. The van der Waals surface area contributed by atoms with E-state index in [9.17, 15) is 0 Å². The van der Waals surface area contributed by atoms with Crippen molar-refractivity contribution in [2.45, 2.75) is 58.0 Å². The number of nitrogens with zero attached hydrogens (tertiary/aromatic N) is 3.